The first-order chi connectivity index (χ1) is 10.3. The van der Waals surface area contributed by atoms with E-state index >= 15 is 0 Å². The lowest BCUT2D eigenvalue weighted by Crippen LogP contribution is -2.37. The molecular formula is C16H22N2O3. The third-order valence-corrected chi connectivity index (χ3v) is 4.61. The largest absolute Gasteiger partial charge is 0.396 e. The van der Waals surface area contributed by atoms with E-state index in [-0.39, 0.29) is 24.5 Å². The molecule has 0 aromatic carbocycles. The molecule has 1 amide bonds. The fraction of sp³-hybridized carbons (Fsp3) is 0.625. The van der Waals surface area contributed by atoms with Crippen molar-refractivity contribution < 1.29 is 14.7 Å². The highest BCUT2D eigenvalue weighted by molar-refractivity contribution is 5.78. The summed E-state index contributed by atoms with van der Waals surface area (Å²) >= 11 is 0. The highest BCUT2D eigenvalue weighted by Crippen LogP contribution is 2.35. The Hall–Kier alpha value is -1.46. The highest BCUT2D eigenvalue weighted by atomic mass is 16.7. The summed E-state index contributed by atoms with van der Waals surface area (Å²) in [5.41, 5.74) is 0.896. The molecule has 1 atom stereocenters. The van der Waals surface area contributed by atoms with E-state index in [9.17, 15) is 9.90 Å². The fourth-order valence-electron chi connectivity index (χ4n) is 3.30. The molecule has 1 saturated heterocycles. The molecule has 2 heterocycles. The van der Waals surface area contributed by atoms with Crippen molar-refractivity contribution in [2.75, 3.05) is 13.2 Å². The van der Waals surface area contributed by atoms with Crippen molar-refractivity contribution >= 4 is 5.91 Å². The van der Waals surface area contributed by atoms with Crippen LogP contribution in [0.15, 0.2) is 24.4 Å². The second-order valence-corrected chi connectivity index (χ2v) is 5.96. The Kier molecular flexibility index (Phi) is 4.51. The molecule has 0 radical (unpaired) electrons. The third kappa shape index (κ3) is 3.09. The van der Waals surface area contributed by atoms with Gasteiger partial charge in [-0.1, -0.05) is 6.07 Å². The lowest BCUT2D eigenvalue weighted by atomic mass is 9.82. The fourth-order valence-corrected chi connectivity index (χ4v) is 3.30. The zero-order valence-electron chi connectivity index (χ0n) is 12.1. The van der Waals surface area contributed by atoms with E-state index in [1.807, 2.05) is 18.2 Å². The number of hydrogen-bond acceptors (Lipinski definition) is 4. The van der Waals surface area contributed by atoms with Crippen molar-refractivity contribution in [2.24, 2.45) is 11.8 Å². The van der Waals surface area contributed by atoms with Crippen LogP contribution in [0.4, 0.5) is 0 Å². The number of pyridine rings is 1. The van der Waals surface area contributed by atoms with E-state index in [2.05, 4.69) is 4.98 Å². The Morgan fingerprint density at radius 3 is 2.76 bits per heavy atom. The molecule has 1 saturated carbocycles. The first-order valence-corrected chi connectivity index (χ1v) is 7.77. The molecule has 2 fully saturated rings. The van der Waals surface area contributed by atoms with Crippen LogP contribution in [0.25, 0.3) is 0 Å². The van der Waals surface area contributed by atoms with Gasteiger partial charge in [0.2, 0.25) is 5.91 Å². The number of amides is 1. The summed E-state index contributed by atoms with van der Waals surface area (Å²) in [5.74, 6) is 0.469. The topological polar surface area (TPSA) is 62.7 Å². The first kappa shape index (κ1) is 14.5. The average Bonchev–Trinajstić information content (AvgIpc) is 3.04. The van der Waals surface area contributed by atoms with Crippen molar-refractivity contribution in [3.63, 3.8) is 0 Å². The summed E-state index contributed by atoms with van der Waals surface area (Å²) in [5, 5.41) is 10.7. The molecule has 5 heteroatoms. The minimum atomic E-state index is -0.0609. The van der Waals surface area contributed by atoms with Crippen LogP contribution in [0.5, 0.6) is 0 Å². The molecule has 21 heavy (non-hydrogen) atoms. The van der Waals surface area contributed by atoms with Gasteiger partial charge in [0.05, 0.1) is 12.3 Å². The van der Waals surface area contributed by atoms with E-state index in [1.54, 1.807) is 11.3 Å². The number of hydrogen-bond donors (Lipinski definition) is 1. The van der Waals surface area contributed by atoms with E-state index in [4.69, 9.17) is 4.84 Å². The molecule has 114 valence electrons. The number of aromatic nitrogens is 1. The van der Waals surface area contributed by atoms with E-state index in [0.29, 0.717) is 12.5 Å². The Morgan fingerprint density at radius 1 is 1.29 bits per heavy atom. The van der Waals surface area contributed by atoms with Crippen molar-refractivity contribution in [3.05, 3.63) is 30.1 Å². The smallest absolute Gasteiger partial charge is 0.249 e. The van der Waals surface area contributed by atoms with Gasteiger partial charge in [0.15, 0.2) is 0 Å². The SMILES string of the molecule is O=C([C@H]1CC[C@H](CO)CC1)N1OCC[C@H]1c1ccccn1. The predicted octanol–water partition coefficient (Wildman–Crippen LogP) is 2.09. The number of rotatable bonds is 3. The molecular weight excluding hydrogens is 268 g/mol. The Labute approximate surface area is 124 Å². The lowest BCUT2D eigenvalue weighted by molar-refractivity contribution is -0.183. The maximum atomic E-state index is 12.7. The van der Waals surface area contributed by atoms with Gasteiger partial charge >= 0.3 is 0 Å². The Bertz CT molecular complexity index is 472. The van der Waals surface area contributed by atoms with Crippen LogP contribution < -0.4 is 0 Å². The van der Waals surface area contributed by atoms with Gasteiger partial charge in [-0.2, -0.15) is 0 Å². The van der Waals surface area contributed by atoms with Crippen LogP contribution in [0.3, 0.4) is 0 Å². The monoisotopic (exact) mass is 290 g/mol. The molecule has 1 aromatic rings. The number of aliphatic hydroxyl groups excluding tert-OH is 1. The second-order valence-electron chi connectivity index (χ2n) is 5.96. The van der Waals surface area contributed by atoms with Gasteiger partial charge in [-0.25, -0.2) is 5.06 Å². The lowest BCUT2D eigenvalue weighted by Gasteiger charge is -2.31. The van der Waals surface area contributed by atoms with E-state index < -0.39 is 0 Å². The van der Waals surface area contributed by atoms with Crippen LogP contribution >= 0.6 is 0 Å². The number of aliphatic hydroxyl groups is 1. The van der Waals surface area contributed by atoms with Gasteiger partial charge in [-0.05, 0) is 43.7 Å². The summed E-state index contributed by atoms with van der Waals surface area (Å²) in [6, 6.07) is 5.70. The summed E-state index contributed by atoms with van der Waals surface area (Å²) in [4.78, 5) is 22.6. The second kappa shape index (κ2) is 6.54. The summed E-state index contributed by atoms with van der Waals surface area (Å²) in [6.45, 7) is 0.802. The van der Waals surface area contributed by atoms with Gasteiger partial charge in [-0.3, -0.25) is 14.6 Å². The van der Waals surface area contributed by atoms with Crippen molar-refractivity contribution in [3.8, 4) is 0 Å². The summed E-state index contributed by atoms with van der Waals surface area (Å²) in [7, 11) is 0. The van der Waals surface area contributed by atoms with Gasteiger partial charge in [-0.15, -0.1) is 0 Å². The van der Waals surface area contributed by atoms with Crippen LogP contribution in [0.1, 0.15) is 43.8 Å². The van der Waals surface area contributed by atoms with Gasteiger partial charge in [0.25, 0.3) is 0 Å². The first-order valence-electron chi connectivity index (χ1n) is 7.77. The number of hydroxylamine groups is 2. The standard InChI is InChI=1S/C16H22N2O3/c19-11-12-4-6-13(7-5-12)16(20)18-15(8-10-21-18)14-3-1-2-9-17-14/h1-3,9,12-13,15,19H,4-8,10-11H2/t12-,13-,15-/m0/s1. The van der Waals surface area contributed by atoms with Crippen LogP contribution in [-0.4, -0.2) is 34.3 Å². The van der Waals surface area contributed by atoms with Crippen LogP contribution in [-0.2, 0) is 9.63 Å². The number of carbonyl (C=O) groups excluding carboxylic acids is 1. The Morgan fingerprint density at radius 2 is 2.10 bits per heavy atom. The molecule has 0 bridgehead atoms. The van der Waals surface area contributed by atoms with E-state index in [0.717, 1.165) is 37.8 Å². The van der Waals surface area contributed by atoms with Crippen LogP contribution in [0, 0.1) is 11.8 Å². The van der Waals surface area contributed by atoms with Gasteiger partial charge < -0.3 is 5.11 Å². The zero-order chi connectivity index (χ0) is 14.7. The minimum Gasteiger partial charge on any atom is -0.396 e. The van der Waals surface area contributed by atoms with E-state index in [1.165, 1.54) is 0 Å². The maximum Gasteiger partial charge on any atom is 0.249 e. The van der Waals surface area contributed by atoms with Crippen molar-refractivity contribution in [1.82, 2.24) is 10.0 Å². The van der Waals surface area contributed by atoms with Crippen molar-refractivity contribution in [1.29, 1.82) is 0 Å². The third-order valence-electron chi connectivity index (χ3n) is 4.61. The number of nitrogens with zero attached hydrogens (tertiary/aromatic N) is 2. The predicted molar refractivity (Wildman–Crippen MR) is 76.9 cm³/mol. The summed E-state index contributed by atoms with van der Waals surface area (Å²) < 4.78 is 0. The molecule has 5 nitrogen and oxygen atoms in total. The maximum absolute atomic E-state index is 12.7. The highest BCUT2D eigenvalue weighted by Gasteiger charge is 2.37. The molecule has 1 aromatic heterocycles. The average molecular weight is 290 g/mol. The molecule has 2 aliphatic rings. The van der Waals surface area contributed by atoms with Crippen LogP contribution in [0.2, 0.25) is 0 Å². The normalized spacial score (nSPS) is 29.6. The molecule has 1 N–H and O–H groups in total. The molecule has 0 unspecified atom stereocenters. The zero-order valence-corrected chi connectivity index (χ0v) is 12.1. The molecule has 3 rings (SSSR count). The Balaban J connectivity index is 1.67. The molecule has 0 spiro atoms. The van der Waals surface area contributed by atoms with Crippen molar-refractivity contribution in [2.45, 2.75) is 38.1 Å². The minimum absolute atomic E-state index is 0.0251. The molecule has 1 aliphatic heterocycles. The van der Waals surface area contributed by atoms with Gasteiger partial charge in [0, 0.05) is 25.1 Å². The number of carbonyl (C=O) groups is 1. The van der Waals surface area contributed by atoms with Gasteiger partial charge in [0.1, 0.15) is 6.04 Å². The quantitative estimate of drug-likeness (QED) is 0.926. The molecule has 1 aliphatic carbocycles. The summed E-state index contributed by atoms with van der Waals surface area (Å²) in [6.07, 6.45) is 6.10.